The molecule has 1 rings (SSSR count). The van der Waals surface area contributed by atoms with E-state index < -0.39 is 5.97 Å². The van der Waals surface area contributed by atoms with Crippen LogP contribution in [0.5, 0.6) is 17.2 Å². The van der Waals surface area contributed by atoms with Crippen LogP contribution in [-0.4, -0.2) is 33.9 Å². The molecule has 0 saturated carbocycles. The van der Waals surface area contributed by atoms with Crippen molar-refractivity contribution in [2.45, 2.75) is 33.6 Å². The molecule has 0 saturated heterocycles. The zero-order valence-electron chi connectivity index (χ0n) is 16.0. The first-order valence-corrected chi connectivity index (χ1v) is 8.19. The van der Waals surface area contributed by atoms with Gasteiger partial charge >= 0.3 is 5.97 Å². The second-order valence-electron chi connectivity index (χ2n) is 5.88. The summed E-state index contributed by atoms with van der Waals surface area (Å²) in [5, 5.41) is 0. The molecular formula is C20H28O5. The van der Waals surface area contributed by atoms with Gasteiger partial charge in [-0.05, 0) is 51.8 Å². The molecule has 0 amide bonds. The van der Waals surface area contributed by atoms with Crippen LogP contribution in [0.4, 0.5) is 0 Å². The van der Waals surface area contributed by atoms with Gasteiger partial charge in [0.1, 0.15) is 6.61 Å². The van der Waals surface area contributed by atoms with Crippen molar-refractivity contribution in [1.29, 1.82) is 0 Å². The number of esters is 1. The van der Waals surface area contributed by atoms with E-state index in [4.69, 9.17) is 18.9 Å². The van der Waals surface area contributed by atoms with E-state index in [9.17, 15) is 4.79 Å². The summed E-state index contributed by atoms with van der Waals surface area (Å²) >= 11 is 0. The van der Waals surface area contributed by atoms with Crippen LogP contribution >= 0.6 is 0 Å². The van der Waals surface area contributed by atoms with Gasteiger partial charge in [-0.1, -0.05) is 17.2 Å². The average Bonchev–Trinajstić information content (AvgIpc) is 2.60. The number of hydrogen-bond acceptors (Lipinski definition) is 5. The molecule has 5 nitrogen and oxygen atoms in total. The van der Waals surface area contributed by atoms with Crippen LogP contribution in [0.3, 0.4) is 0 Å². The van der Waals surface area contributed by atoms with E-state index in [1.807, 2.05) is 6.08 Å². The van der Waals surface area contributed by atoms with E-state index in [0.29, 0.717) is 29.4 Å². The van der Waals surface area contributed by atoms with E-state index >= 15 is 0 Å². The van der Waals surface area contributed by atoms with E-state index in [1.165, 1.54) is 32.5 Å². The van der Waals surface area contributed by atoms with Crippen LogP contribution in [0.1, 0.15) is 44.0 Å². The Labute approximate surface area is 150 Å². The number of ether oxygens (including phenoxy) is 4. The minimum Gasteiger partial charge on any atom is -0.493 e. The normalized spacial score (nSPS) is 10.9. The lowest BCUT2D eigenvalue weighted by Gasteiger charge is -2.15. The third kappa shape index (κ3) is 6.53. The first-order chi connectivity index (χ1) is 11.9. The minimum atomic E-state index is -0.460. The van der Waals surface area contributed by atoms with Gasteiger partial charge in [-0.25, -0.2) is 4.79 Å². The van der Waals surface area contributed by atoms with Crippen LogP contribution in [0.25, 0.3) is 0 Å². The van der Waals surface area contributed by atoms with Crippen LogP contribution in [0.2, 0.25) is 0 Å². The average molecular weight is 348 g/mol. The zero-order chi connectivity index (χ0) is 18.8. The second-order valence-corrected chi connectivity index (χ2v) is 5.88. The maximum Gasteiger partial charge on any atom is 0.338 e. The number of carbonyl (C=O) groups excluding carboxylic acids is 1. The monoisotopic (exact) mass is 348 g/mol. The third-order valence-corrected chi connectivity index (χ3v) is 3.63. The molecule has 0 N–H and O–H groups in total. The van der Waals surface area contributed by atoms with Crippen molar-refractivity contribution in [2.75, 3.05) is 27.9 Å². The summed E-state index contributed by atoms with van der Waals surface area (Å²) in [5.74, 6) is 0.856. The smallest absolute Gasteiger partial charge is 0.338 e. The lowest BCUT2D eigenvalue weighted by Crippen LogP contribution is -2.05. The Kier molecular flexibility index (Phi) is 8.61. The first kappa shape index (κ1) is 20.6. The molecule has 1 aromatic rings. The highest BCUT2D eigenvalue weighted by molar-refractivity contribution is 5.91. The van der Waals surface area contributed by atoms with Crippen molar-refractivity contribution in [3.05, 3.63) is 41.0 Å². The van der Waals surface area contributed by atoms with Crippen LogP contribution < -0.4 is 14.2 Å². The fourth-order valence-electron chi connectivity index (χ4n) is 2.22. The summed E-state index contributed by atoms with van der Waals surface area (Å²) < 4.78 is 21.2. The Morgan fingerprint density at radius 1 is 1.00 bits per heavy atom. The standard InChI is InChI=1S/C20H28O5/c1-14(2)8-7-9-15(3)10-11-25-19-17(22-4)12-16(20(21)24-6)13-18(19)23-5/h8,10,12-13H,7,9,11H2,1-6H3/b15-10+. The summed E-state index contributed by atoms with van der Waals surface area (Å²) in [7, 11) is 4.36. The van der Waals surface area contributed by atoms with E-state index in [2.05, 4.69) is 26.8 Å². The van der Waals surface area contributed by atoms with Gasteiger partial charge < -0.3 is 18.9 Å². The van der Waals surface area contributed by atoms with Crippen molar-refractivity contribution in [3.8, 4) is 17.2 Å². The minimum absolute atomic E-state index is 0.344. The highest BCUT2D eigenvalue weighted by Crippen LogP contribution is 2.38. The van der Waals surface area contributed by atoms with Crippen molar-refractivity contribution >= 4 is 5.97 Å². The number of methoxy groups -OCH3 is 3. The summed E-state index contributed by atoms with van der Waals surface area (Å²) in [4.78, 5) is 11.7. The second kappa shape index (κ2) is 10.4. The highest BCUT2D eigenvalue weighted by atomic mass is 16.5. The van der Waals surface area contributed by atoms with Crippen LogP contribution in [0.15, 0.2) is 35.4 Å². The number of benzene rings is 1. The molecule has 0 aromatic heterocycles. The van der Waals surface area contributed by atoms with Gasteiger partial charge in [0.25, 0.3) is 0 Å². The number of rotatable bonds is 9. The van der Waals surface area contributed by atoms with Gasteiger partial charge in [-0.2, -0.15) is 0 Å². The first-order valence-electron chi connectivity index (χ1n) is 8.19. The zero-order valence-corrected chi connectivity index (χ0v) is 16.0. The van der Waals surface area contributed by atoms with Crippen molar-refractivity contribution in [1.82, 2.24) is 0 Å². The fourth-order valence-corrected chi connectivity index (χ4v) is 2.22. The number of allylic oxidation sites excluding steroid dienone is 3. The molecule has 1 aromatic carbocycles. The lowest BCUT2D eigenvalue weighted by molar-refractivity contribution is 0.0600. The maximum absolute atomic E-state index is 11.7. The Hall–Kier alpha value is -2.43. The molecule has 5 heteroatoms. The lowest BCUT2D eigenvalue weighted by atomic mass is 10.1. The molecule has 138 valence electrons. The summed E-state index contributed by atoms with van der Waals surface area (Å²) in [6.45, 7) is 6.67. The molecule has 0 atom stereocenters. The Morgan fingerprint density at radius 3 is 2.08 bits per heavy atom. The van der Waals surface area contributed by atoms with Gasteiger partial charge in [-0.3, -0.25) is 0 Å². The topological polar surface area (TPSA) is 54.0 Å². The molecule has 0 spiro atoms. The molecule has 0 unspecified atom stereocenters. The van der Waals surface area contributed by atoms with E-state index in [1.54, 1.807) is 12.1 Å². The molecule has 0 aliphatic rings. The van der Waals surface area contributed by atoms with Crippen molar-refractivity contribution in [3.63, 3.8) is 0 Å². The SMILES string of the molecule is COC(=O)c1cc(OC)c(OC/C=C(\C)CCC=C(C)C)c(OC)c1. The molecule has 0 fully saturated rings. The van der Waals surface area contributed by atoms with E-state index in [0.717, 1.165) is 12.8 Å². The summed E-state index contributed by atoms with van der Waals surface area (Å²) in [6, 6.07) is 3.16. The molecule has 0 aliphatic heterocycles. The summed E-state index contributed by atoms with van der Waals surface area (Å²) in [5.41, 5.74) is 2.92. The van der Waals surface area contributed by atoms with Gasteiger partial charge in [0.2, 0.25) is 5.75 Å². The third-order valence-electron chi connectivity index (χ3n) is 3.63. The predicted molar refractivity (Wildman–Crippen MR) is 98.8 cm³/mol. The molecular weight excluding hydrogens is 320 g/mol. The van der Waals surface area contributed by atoms with Crippen LogP contribution in [0, 0.1) is 0 Å². The van der Waals surface area contributed by atoms with Gasteiger partial charge in [0.05, 0.1) is 26.9 Å². The number of carbonyl (C=O) groups is 1. The number of hydrogen-bond donors (Lipinski definition) is 0. The van der Waals surface area contributed by atoms with Crippen LogP contribution in [-0.2, 0) is 4.74 Å². The highest BCUT2D eigenvalue weighted by Gasteiger charge is 2.17. The Balaban J connectivity index is 2.87. The molecule has 0 bridgehead atoms. The predicted octanol–water partition coefficient (Wildman–Crippen LogP) is 4.56. The fraction of sp³-hybridized carbons (Fsp3) is 0.450. The summed E-state index contributed by atoms with van der Waals surface area (Å²) in [6.07, 6.45) is 6.26. The van der Waals surface area contributed by atoms with Crippen molar-refractivity contribution in [2.24, 2.45) is 0 Å². The molecule has 0 radical (unpaired) electrons. The van der Waals surface area contributed by atoms with Gasteiger partial charge in [-0.15, -0.1) is 0 Å². The Morgan fingerprint density at radius 2 is 1.60 bits per heavy atom. The van der Waals surface area contributed by atoms with Gasteiger partial charge in [0.15, 0.2) is 11.5 Å². The van der Waals surface area contributed by atoms with Gasteiger partial charge in [0, 0.05) is 0 Å². The van der Waals surface area contributed by atoms with Crippen molar-refractivity contribution < 1.29 is 23.7 Å². The molecule has 0 aliphatic carbocycles. The van der Waals surface area contributed by atoms with E-state index in [-0.39, 0.29) is 0 Å². The molecule has 0 heterocycles. The molecule has 25 heavy (non-hydrogen) atoms. The maximum atomic E-state index is 11.7. The quantitative estimate of drug-likeness (QED) is 0.483. The largest absolute Gasteiger partial charge is 0.493 e. The Bertz CT molecular complexity index is 614.